The van der Waals surface area contributed by atoms with Gasteiger partial charge in [0.25, 0.3) is 0 Å². The van der Waals surface area contributed by atoms with Gasteiger partial charge >= 0.3 is 5.97 Å². The summed E-state index contributed by atoms with van der Waals surface area (Å²) in [6, 6.07) is 7.93. The van der Waals surface area contributed by atoms with E-state index >= 15 is 0 Å². The van der Waals surface area contributed by atoms with Crippen LogP contribution in [0.25, 0.3) is 10.9 Å². The van der Waals surface area contributed by atoms with Gasteiger partial charge in [0.1, 0.15) is 6.04 Å². The van der Waals surface area contributed by atoms with Gasteiger partial charge in [0, 0.05) is 23.0 Å². The molecule has 0 radical (unpaired) electrons. The second-order valence-corrected chi connectivity index (χ2v) is 5.73. The highest BCUT2D eigenvalue weighted by Gasteiger charge is 2.32. The fourth-order valence-corrected chi connectivity index (χ4v) is 3.03. The molecule has 4 nitrogen and oxygen atoms in total. The van der Waals surface area contributed by atoms with E-state index < -0.39 is 0 Å². The number of rotatable bonds is 2. The molecule has 21 heavy (non-hydrogen) atoms. The van der Waals surface area contributed by atoms with Crippen LogP contribution in [0.3, 0.4) is 0 Å². The second kappa shape index (κ2) is 5.37. The number of aromatic amines is 1. The lowest BCUT2D eigenvalue weighted by Gasteiger charge is -2.28. The maximum atomic E-state index is 12.0. The van der Waals surface area contributed by atoms with Crippen molar-refractivity contribution in [2.24, 2.45) is 0 Å². The Balaban J connectivity index is 2.12. The molecule has 2 aromatic rings. The van der Waals surface area contributed by atoms with Crippen LogP contribution in [0.15, 0.2) is 35.9 Å². The van der Waals surface area contributed by atoms with Crippen LogP contribution in [0.4, 0.5) is 0 Å². The molecule has 4 heteroatoms. The lowest BCUT2D eigenvalue weighted by atomic mass is 9.93. The minimum absolute atomic E-state index is 0.00949. The monoisotopic (exact) mass is 284 g/mol. The predicted molar refractivity (Wildman–Crippen MR) is 83.1 cm³/mol. The predicted octanol–water partition coefficient (Wildman–Crippen LogP) is 2.86. The molecular formula is C17H20N2O2. The lowest BCUT2D eigenvalue weighted by Crippen LogP contribution is -2.44. The minimum atomic E-state index is -0.303. The molecule has 0 unspecified atom stereocenters. The first-order valence-electron chi connectivity index (χ1n) is 7.18. The summed E-state index contributed by atoms with van der Waals surface area (Å²) in [5.41, 5.74) is 4.68. The molecule has 0 bridgehead atoms. The number of esters is 1. The van der Waals surface area contributed by atoms with E-state index in [1.807, 2.05) is 12.1 Å². The third-order valence-corrected chi connectivity index (χ3v) is 3.93. The Hall–Kier alpha value is -2.07. The van der Waals surface area contributed by atoms with Gasteiger partial charge in [-0.2, -0.15) is 0 Å². The summed E-state index contributed by atoms with van der Waals surface area (Å²) in [6.07, 6.45) is 2.79. The lowest BCUT2D eigenvalue weighted by molar-refractivity contribution is -0.143. The van der Waals surface area contributed by atoms with E-state index in [1.54, 1.807) is 0 Å². The number of allylic oxidation sites excluding steroid dienone is 1. The van der Waals surface area contributed by atoms with E-state index in [-0.39, 0.29) is 18.1 Å². The first kappa shape index (κ1) is 13.9. The number of carbonyl (C=O) groups is 1. The maximum absolute atomic E-state index is 12.0. The first-order valence-corrected chi connectivity index (χ1v) is 7.18. The maximum Gasteiger partial charge on any atom is 0.323 e. The summed E-state index contributed by atoms with van der Waals surface area (Å²) in [4.78, 5) is 15.4. The number of hydrogen-bond acceptors (Lipinski definition) is 3. The fourth-order valence-electron chi connectivity index (χ4n) is 3.03. The largest absolute Gasteiger partial charge is 0.468 e. The van der Waals surface area contributed by atoms with E-state index in [4.69, 9.17) is 4.74 Å². The minimum Gasteiger partial charge on any atom is -0.468 e. The Bertz CT molecular complexity index is 711. The second-order valence-electron chi connectivity index (χ2n) is 5.73. The van der Waals surface area contributed by atoms with Crippen LogP contribution in [0.2, 0.25) is 0 Å². The van der Waals surface area contributed by atoms with Crippen LogP contribution >= 0.6 is 0 Å². The summed E-state index contributed by atoms with van der Waals surface area (Å²) in [6.45, 7) is 4.12. The molecule has 1 aliphatic heterocycles. The summed E-state index contributed by atoms with van der Waals surface area (Å²) in [5, 5.41) is 4.56. The number of methoxy groups -OCH3 is 1. The Labute approximate surface area is 124 Å². The average Bonchev–Trinajstić information content (AvgIpc) is 2.85. The number of carbonyl (C=O) groups excluding carboxylic acids is 1. The topological polar surface area (TPSA) is 54.1 Å². The molecular weight excluding hydrogens is 264 g/mol. The van der Waals surface area contributed by atoms with Gasteiger partial charge in [-0.05, 0) is 25.5 Å². The van der Waals surface area contributed by atoms with Crippen LogP contribution in [0, 0.1) is 0 Å². The Kier molecular flexibility index (Phi) is 3.55. The summed E-state index contributed by atoms with van der Waals surface area (Å²) >= 11 is 0. The summed E-state index contributed by atoms with van der Waals surface area (Å²) < 4.78 is 4.91. The highest BCUT2D eigenvalue weighted by atomic mass is 16.5. The van der Waals surface area contributed by atoms with Crippen molar-refractivity contribution in [3.63, 3.8) is 0 Å². The van der Waals surface area contributed by atoms with Crippen molar-refractivity contribution in [2.75, 3.05) is 7.11 Å². The standard InChI is InChI=1S/C17H20N2O2/c1-10(2)8-14-16-12(9-15(18-14)17(20)21-3)11-6-4-5-7-13(11)19-16/h4-8,14-15,18-19H,9H2,1-3H3/t14-,15+/m0/s1. The zero-order valence-corrected chi connectivity index (χ0v) is 12.6. The van der Waals surface area contributed by atoms with Gasteiger partial charge in [-0.1, -0.05) is 29.8 Å². The van der Waals surface area contributed by atoms with Crippen molar-refractivity contribution in [2.45, 2.75) is 32.4 Å². The van der Waals surface area contributed by atoms with Gasteiger partial charge < -0.3 is 9.72 Å². The highest BCUT2D eigenvalue weighted by molar-refractivity contribution is 5.87. The van der Waals surface area contributed by atoms with E-state index in [9.17, 15) is 4.79 Å². The molecule has 0 aliphatic carbocycles. The Morgan fingerprint density at radius 2 is 2.10 bits per heavy atom. The van der Waals surface area contributed by atoms with Crippen LogP contribution in [-0.4, -0.2) is 24.1 Å². The third-order valence-electron chi connectivity index (χ3n) is 3.93. The normalized spacial score (nSPS) is 20.9. The van der Waals surface area contributed by atoms with E-state index in [0.717, 1.165) is 11.2 Å². The number of aromatic nitrogens is 1. The molecule has 0 saturated heterocycles. The number of para-hydroxylation sites is 1. The van der Waals surface area contributed by atoms with Gasteiger partial charge in [0.15, 0.2) is 0 Å². The summed E-state index contributed by atoms with van der Waals surface area (Å²) in [5.74, 6) is -0.210. The molecule has 0 fully saturated rings. The third kappa shape index (κ3) is 2.47. The molecule has 0 amide bonds. The number of benzene rings is 1. The molecule has 1 aromatic heterocycles. The van der Waals surface area contributed by atoms with Gasteiger partial charge in [-0.15, -0.1) is 0 Å². The smallest absolute Gasteiger partial charge is 0.323 e. The van der Waals surface area contributed by atoms with Gasteiger partial charge in [-0.3, -0.25) is 10.1 Å². The Morgan fingerprint density at radius 3 is 2.81 bits per heavy atom. The van der Waals surface area contributed by atoms with E-state index in [1.165, 1.54) is 23.6 Å². The number of fused-ring (bicyclic) bond motifs is 3. The zero-order chi connectivity index (χ0) is 15.0. The molecule has 2 N–H and O–H groups in total. The van der Waals surface area contributed by atoms with Gasteiger partial charge in [-0.25, -0.2) is 0 Å². The zero-order valence-electron chi connectivity index (χ0n) is 12.6. The van der Waals surface area contributed by atoms with Crippen LogP contribution < -0.4 is 5.32 Å². The van der Waals surface area contributed by atoms with Crippen LogP contribution in [0.1, 0.15) is 31.1 Å². The van der Waals surface area contributed by atoms with E-state index in [2.05, 4.69) is 42.4 Å². The van der Waals surface area contributed by atoms with Gasteiger partial charge in [0.2, 0.25) is 0 Å². The fraction of sp³-hybridized carbons (Fsp3) is 0.353. The van der Waals surface area contributed by atoms with Crippen molar-refractivity contribution in [3.05, 3.63) is 47.2 Å². The number of ether oxygens (including phenoxy) is 1. The molecule has 1 aliphatic rings. The van der Waals surface area contributed by atoms with Crippen molar-refractivity contribution >= 4 is 16.9 Å². The molecule has 0 saturated carbocycles. The number of nitrogens with one attached hydrogen (secondary N) is 2. The van der Waals surface area contributed by atoms with Gasteiger partial charge in [0.05, 0.1) is 13.2 Å². The van der Waals surface area contributed by atoms with Crippen LogP contribution in [0.5, 0.6) is 0 Å². The number of hydrogen-bond donors (Lipinski definition) is 2. The SMILES string of the molecule is COC(=O)[C@H]1Cc2c([nH]c3ccccc23)[C@H](C=C(C)C)N1. The van der Waals surface area contributed by atoms with Crippen molar-refractivity contribution in [1.29, 1.82) is 0 Å². The van der Waals surface area contributed by atoms with Crippen molar-refractivity contribution in [1.82, 2.24) is 10.3 Å². The summed E-state index contributed by atoms with van der Waals surface area (Å²) in [7, 11) is 1.44. The highest BCUT2D eigenvalue weighted by Crippen LogP contribution is 2.33. The quantitative estimate of drug-likeness (QED) is 0.658. The molecule has 3 rings (SSSR count). The Morgan fingerprint density at radius 1 is 1.33 bits per heavy atom. The number of H-pyrrole nitrogens is 1. The van der Waals surface area contributed by atoms with Crippen molar-refractivity contribution in [3.8, 4) is 0 Å². The molecule has 2 heterocycles. The van der Waals surface area contributed by atoms with Crippen molar-refractivity contribution < 1.29 is 9.53 Å². The van der Waals surface area contributed by atoms with Crippen LogP contribution in [-0.2, 0) is 16.0 Å². The molecule has 0 spiro atoms. The molecule has 110 valence electrons. The first-order chi connectivity index (χ1) is 10.1. The average molecular weight is 284 g/mol. The molecule has 1 aromatic carbocycles. The van der Waals surface area contributed by atoms with E-state index in [0.29, 0.717) is 6.42 Å². The molecule has 2 atom stereocenters.